The molecule has 2 aromatic rings. The lowest BCUT2D eigenvalue weighted by Crippen LogP contribution is -2.17. The van der Waals surface area contributed by atoms with Gasteiger partial charge in [0.25, 0.3) is 0 Å². The Kier molecular flexibility index (Phi) is 5.56. The highest BCUT2D eigenvalue weighted by molar-refractivity contribution is 5.95. The maximum atomic E-state index is 5.78. The Labute approximate surface area is 144 Å². The number of anilines is 1. The van der Waals surface area contributed by atoms with Gasteiger partial charge in [0.15, 0.2) is 0 Å². The second kappa shape index (κ2) is 7.84. The van der Waals surface area contributed by atoms with Crippen LogP contribution in [-0.4, -0.2) is 24.7 Å². The van der Waals surface area contributed by atoms with Crippen molar-refractivity contribution in [3.63, 3.8) is 0 Å². The van der Waals surface area contributed by atoms with Gasteiger partial charge in [-0.05, 0) is 51.1 Å². The number of hydrogen-bond donors (Lipinski definition) is 2. The van der Waals surface area contributed by atoms with Gasteiger partial charge >= 0.3 is 0 Å². The summed E-state index contributed by atoms with van der Waals surface area (Å²) in [4.78, 5) is 4.68. The molecule has 1 saturated carbocycles. The third kappa shape index (κ3) is 3.48. The van der Waals surface area contributed by atoms with Gasteiger partial charge in [-0.25, -0.2) is 0 Å². The molecule has 1 unspecified atom stereocenters. The molecule has 24 heavy (non-hydrogen) atoms. The van der Waals surface area contributed by atoms with Crippen molar-refractivity contribution in [1.82, 2.24) is 4.98 Å². The van der Waals surface area contributed by atoms with Gasteiger partial charge in [0.1, 0.15) is 5.75 Å². The first kappa shape index (κ1) is 17.0. The van der Waals surface area contributed by atoms with E-state index < -0.39 is 0 Å². The molecule has 1 heterocycles. The van der Waals surface area contributed by atoms with Crippen LogP contribution in [0.1, 0.15) is 56.9 Å². The summed E-state index contributed by atoms with van der Waals surface area (Å²) in [6, 6.07) is 6.72. The molecule has 1 aliphatic rings. The average molecular weight is 327 g/mol. The highest BCUT2D eigenvalue weighted by Crippen LogP contribution is 2.44. The maximum absolute atomic E-state index is 5.78. The molecule has 0 radical (unpaired) electrons. The third-order valence-electron chi connectivity index (χ3n) is 5.12. The van der Waals surface area contributed by atoms with Crippen LogP contribution >= 0.6 is 0 Å². The second-order valence-electron chi connectivity index (χ2n) is 6.90. The highest BCUT2D eigenvalue weighted by atomic mass is 16.5. The molecule has 4 heteroatoms. The van der Waals surface area contributed by atoms with Crippen LogP contribution in [0.25, 0.3) is 10.9 Å². The smallest absolute Gasteiger partial charge is 0.125 e. The first-order chi connectivity index (χ1) is 11.7. The number of hydrogen-bond acceptors (Lipinski definition) is 4. The summed E-state index contributed by atoms with van der Waals surface area (Å²) < 4.78 is 5.78. The Morgan fingerprint density at radius 3 is 2.88 bits per heavy atom. The van der Waals surface area contributed by atoms with E-state index in [1.54, 1.807) is 7.11 Å². The van der Waals surface area contributed by atoms with E-state index in [-0.39, 0.29) is 0 Å². The quantitative estimate of drug-likeness (QED) is 0.789. The minimum atomic E-state index is 0.362. The lowest BCUT2D eigenvalue weighted by Gasteiger charge is -2.22. The van der Waals surface area contributed by atoms with Crippen LogP contribution in [0.15, 0.2) is 24.4 Å². The first-order valence-electron chi connectivity index (χ1n) is 9.16. The molecule has 4 nitrogen and oxygen atoms in total. The first-order valence-corrected chi connectivity index (χ1v) is 9.16. The minimum Gasteiger partial charge on any atom is -0.496 e. The number of nitrogens with zero attached hydrogens (tertiary/aromatic N) is 1. The van der Waals surface area contributed by atoms with E-state index in [4.69, 9.17) is 10.5 Å². The molecule has 3 N–H and O–H groups in total. The van der Waals surface area contributed by atoms with Crippen LogP contribution in [0.5, 0.6) is 5.75 Å². The van der Waals surface area contributed by atoms with Crippen molar-refractivity contribution in [3.8, 4) is 5.75 Å². The predicted molar refractivity (Wildman–Crippen MR) is 101 cm³/mol. The molecule has 0 saturated heterocycles. The SMILES string of the molecule is COc1cc(NC(C)CCCN)c2ncccc2c1C1CCCC1. The fraction of sp³-hybridized carbons (Fsp3) is 0.550. The molecular formula is C20H29N3O. The number of aromatic nitrogens is 1. The summed E-state index contributed by atoms with van der Waals surface area (Å²) in [5, 5.41) is 4.85. The van der Waals surface area contributed by atoms with Crippen molar-refractivity contribution in [2.75, 3.05) is 19.0 Å². The number of methoxy groups -OCH3 is 1. The highest BCUT2D eigenvalue weighted by Gasteiger charge is 2.24. The number of rotatable bonds is 7. The van der Waals surface area contributed by atoms with Gasteiger partial charge < -0.3 is 15.8 Å². The topological polar surface area (TPSA) is 60.2 Å². The Morgan fingerprint density at radius 1 is 1.38 bits per heavy atom. The summed E-state index contributed by atoms with van der Waals surface area (Å²) in [6.45, 7) is 2.93. The van der Waals surface area contributed by atoms with Gasteiger partial charge in [0, 0.05) is 29.3 Å². The van der Waals surface area contributed by atoms with E-state index >= 15 is 0 Å². The number of nitrogens with one attached hydrogen (secondary N) is 1. The number of nitrogens with two attached hydrogens (primary N) is 1. The zero-order chi connectivity index (χ0) is 16.9. The number of fused-ring (bicyclic) bond motifs is 1. The summed E-state index contributed by atoms with van der Waals surface area (Å²) in [6.07, 6.45) is 9.08. The molecule has 1 aromatic heterocycles. The fourth-order valence-electron chi connectivity index (χ4n) is 3.92. The molecule has 1 atom stereocenters. The lowest BCUT2D eigenvalue weighted by atomic mass is 9.92. The molecule has 1 aromatic carbocycles. The van der Waals surface area contributed by atoms with Crippen LogP contribution in [0.4, 0.5) is 5.69 Å². The van der Waals surface area contributed by atoms with Gasteiger partial charge in [0.05, 0.1) is 18.3 Å². The van der Waals surface area contributed by atoms with E-state index in [1.165, 1.54) is 36.6 Å². The van der Waals surface area contributed by atoms with Crippen LogP contribution in [0, 0.1) is 0 Å². The van der Waals surface area contributed by atoms with Crippen LogP contribution in [0.3, 0.4) is 0 Å². The van der Waals surface area contributed by atoms with Crippen molar-refractivity contribution in [3.05, 3.63) is 30.0 Å². The minimum absolute atomic E-state index is 0.362. The van der Waals surface area contributed by atoms with Crippen molar-refractivity contribution in [2.45, 2.75) is 57.4 Å². The lowest BCUT2D eigenvalue weighted by molar-refractivity contribution is 0.406. The zero-order valence-corrected chi connectivity index (χ0v) is 14.8. The van der Waals surface area contributed by atoms with E-state index in [0.29, 0.717) is 12.0 Å². The van der Waals surface area contributed by atoms with Crippen LogP contribution in [0.2, 0.25) is 0 Å². The number of benzene rings is 1. The largest absolute Gasteiger partial charge is 0.496 e. The molecule has 0 bridgehead atoms. The molecule has 1 fully saturated rings. The van der Waals surface area contributed by atoms with Gasteiger partial charge in [-0.2, -0.15) is 0 Å². The van der Waals surface area contributed by atoms with Crippen molar-refractivity contribution < 1.29 is 4.74 Å². The Bertz CT molecular complexity index is 680. The standard InChI is InChI=1S/C20H29N3O/c1-14(7-5-11-21)23-17-13-18(24-2)19(15-8-3-4-9-15)16-10-6-12-22-20(16)17/h6,10,12-15,23H,3-5,7-9,11,21H2,1-2H3. The van der Waals surface area contributed by atoms with Gasteiger partial charge in [0.2, 0.25) is 0 Å². The average Bonchev–Trinajstić information content (AvgIpc) is 3.13. The summed E-state index contributed by atoms with van der Waals surface area (Å²) in [5.74, 6) is 1.59. The summed E-state index contributed by atoms with van der Waals surface area (Å²) in [7, 11) is 1.78. The predicted octanol–water partition coefficient (Wildman–Crippen LogP) is 4.44. The maximum Gasteiger partial charge on any atom is 0.125 e. The summed E-state index contributed by atoms with van der Waals surface area (Å²) in [5.41, 5.74) is 9.10. The molecule has 0 spiro atoms. The van der Waals surface area contributed by atoms with Gasteiger partial charge in [-0.3, -0.25) is 4.98 Å². The third-order valence-corrected chi connectivity index (χ3v) is 5.12. The molecular weight excluding hydrogens is 298 g/mol. The molecule has 130 valence electrons. The van der Waals surface area contributed by atoms with Crippen molar-refractivity contribution in [2.24, 2.45) is 5.73 Å². The van der Waals surface area contributed by atoms with E-state index in [1.807, 2.05) is 12.3 Å². The molecule has 0 amide bonds. The van der Waals surface area contributed by atoms with E-state index in [2.05, 4.69) is 29.4 Å². The van der Waals surface area contributed by atoms with Crippen molar-refractivity contribution >= 4 is 16.6 Å². The van der Waals surface area contributed by atoms with Gasteiger partial charge in [-0.1, -0.05) is 18.9 Å². The molecule has 1 aliphatic carbocycles. The molecule has 0 aliphatic heterocycles. The monoisotopic (exact) mass is 327 g/mol. The number of ether oxygens (including phenoxy) is 1. The van der Waals surface area contributed by atoms with Crippen LogP contribution in [-0.2, 0) is 0 Å². The Balaban J connectivity index is 2.02. The Hall–Kier alpha value is -1.81. The number of pyridine rings is 1. The van der Waals surface area contributed by atoms with Crippen molar-refractivity contribution in [1.29, 1.82) is 0 Å². The van der Waals surface area contributed by atoms with Gasteiger partial charge in [-0.15, -0.1) is 0 Å². The van der Waals surface area contributed by atoms with Crippen LogP contribution < -0.4 is 15.8 Å². The second-order valence-corrected chi connectivity index (χ2v) is 6.90. The molecule has 3 rings (SSSR count). The normalized spacial score (nSPS) is 16.5. The van der Waals surface area contributed by atoms with E-state index in [9.17, 15) is 0 Å². The Morgan fingerprint density at radius 2 is 2.17 bits per heavy atom. The fourth-order valence-corrected chi connectivity index (χ4v) is 3.92. The zero-order valence-electron chi connectivity index (χ0n) is 14.8. The van der Waals surface area contributed by atoms with E-state index in [0.717, 1.165) is 36.3 Å². The summed E-state index contributed by atoms with van der Waals surface area (Å²) >= 11 is 0.